The molecule has 0 nitrogen and oxygen atoms in total. The Hall–Kier alpha value is -0.560. The van der Waals surface area contributed by atoms with E-state index in [-0.39, 0.29) is 0 Å². The first kappa shape index (κ1) is 9.97. The Kier molecular flexibility index (Phi) is 3.07. The largest absolute Gasteiger partial charge is 0.0880 e. The van der Waals surface area contributed by atoms with Crippen LogP contribution in [0, 0.1) is 0 Å². The summed E-state index contributed by atoms with van der Waals surface area (Å²) in [5.41, 5.74) is 4.23. The zero-order valence-electron chi connectivity index (χ0n) is 8.46. The average molecular weight is 251 g/mol. The average Bonchev–Trinajstić information content (AvgIpc) is 3.01. The van der Waals surface area contributed by atoms with Crippen LogP contribution in [0.25, 0.3) is 6.08 Å². The van der Waals surface area contributed by atoms with Crippen molar-refractivity contribution in [2.45, 2.75) is 25.7 Å². The molecule has 1 fully saturated rings. The van der Waals surface area contributed by atoms with E-state index in [4.69, 9.17) is 0 Å². The van der Waals surface area contributed by atoms with E-state index in [0.29, 0.717) is 0 Å². The highest BCUT2D eigenvalue weighted by atomic mass is 79.9. The minimum absolute atomic E-state index is 0.854. The lowest BCUT2D eigenvalue weighted by Gasteiger charge is -2.01. The van der Waals surface area contributed by atoms with Gasteiger partial charge in [-0.3, -0.25) is 0 Å². The molecule has 0 heterocycles. The van der Waals surface area contributed by atoms with Gasteiger partial charge in [0.05, 0.1) is 0 Å². The molecule has 74 valence electrons. The zero-order chi connectivity index (χ0) is 9.97. The van der Waals surface area contributed by atoms with Gasteiger partial charge in [0.15, 0.2) is 0 Å². The first-order valence-electron chi connectivity index (χ1n) is 5.12. The highest BCUT2D eigenvalue weighted by molar-refractivity contribution is 9.09. The monoisotopic (exact) mass is 250 g/mol. The van der Waals surface area contributed by atoms with Gasteiger partial charge in [0, 0.05) is 5.33 Å². The lowest BCUT2D eigenvalue weighted by molar-refractivity contribution is 1.13. The molecule has 0 atom stereocenters. The summed E-state index contributed by atoms with van der Waals surface area (Å²) in [6.07, 6.45) is 5.01. The molecule has 1 saturated carbocycles. The molecule has 0 saturated heterocycles. The fraction of sp³-hybridized carbons (Fsp3) is 0.385. The molecule has 1 aromatic carbocycles. The molecule has 0 radical (unpaired) electrons. The molecule has 14 heavy (non-hydrogen) atoms. The molecule has 0 bridgehead atoms. The lowest BCUT2D eigenvalue weighted by Crippen LogP contribution is -1.82. The fourth-order valence-corrected chi connectivity index (χ4v) is 1.80. The van der Waals surface area contributed by atoms with Crippen molar-refractivity contribution in [2.75, 3.05) is 5.33 Å². The molecular formula is C13H15Br. The van der Waals surface area contributed by atoms with Crippen molar-refractivity contribution in [3.05, 3.63) is 41.0 Å². The molecule has 1 aliphatic carbocycles. The first-order chi connectivity index (χ1) is 6.79. The van der Waals surface area contributed by atoms with Gasteiger partial charge in [0.25, 0.3) is 0 Å². The van der Waals surface area contributed by atoms with Crippen molar-refractivity contribution in [2.24, 2.45) is 0 Å². The van der Waals surface area contributed by atoms with Gasteiger partial charge < -0.3 is 0 Å². The van der Waals surface area contributed by atoms with E-state index in [1.54, 1.807) is 0 Å². The Bertz CT molecular complexity index is 348. The van der Waals surface area contributed by atoms with Crippen LogP contribution in [0.3, 0.4) is 0 Å². The Morgan fingerprint density at radius 2 is 2.29 bits per heavy atom. The molecule has 1 aliphatic rings. The van der Waals surface area contributed by atoms with E-state index in [1.165, 1.54) is 29.5 Å². The van der Waals surface area contributed by atoms with Crippen LogP contribution in [0.1, 0.15) is 36.8 Å². The number of hydrogen-bond donors (Lipinski definition) is 0. The van der Waals surface area contributed by atoms with Gasteiger partial charge in [-0.25, -0.2) is 0 Å². The SMILES string of the molecule is C/C(=C/c1cccc(C2CC2)c1)CBr. The molecule has 2 rings (SSSR count). The highest BCUT2D eigenvalue weighted by Gasteiger charge is 2.22. The second-order valence-electron chi connectivity index (χ2n) is 4.07. The summed E-state index contributed by atoms with van der Waals surface area (Å²) in [6.45, 7) is 2.15. The van der Waals surface area contributed by atoms with Gasteiger partial charge >= 0.3 is 0 Å². The predicted molar refractivity (Wildman–Crippen MR) is 65.9 cm³/mol. The van der Waals surface area contributed by atoms with E-state index in [1.807, 2.05) is 0 Å². The third-order valence-corrected chi connectivity index (χ3v) is 3.47. The van der Waals surface area contributed by atoms with Crippen LogP contribution in [-0.2, 0) is 0 Å². The highest BCUT2D eigenvalue weighted by Crippen LogP contribution is 2.40. The predicted octanol–water partition coefficient (Wildman–Crippen LogP) is 4.36. The van der Waals surface area contributed by atoms with E-state index in [0.717, 1.165) is 11.2 Å². The van der Waals surface area contributed by atoms with Gasteiger partial charge in [-0.1, -0.05) is 51.8 Å². The first-order valence-corrected chi connectivity index (χ1v) is 6.25. The molecule has 0 aromatic heterocycles. The summed E-state index contributed by atoms with van der Waals surface area (Å²) in [6, 6.07) is 8.92. The standard InChI is InChI=1S/C13H15Br/c1-10(9-14)7-11-3-2-4-13(8-11)12-5-6-12/h2-4,7-8,12H,5-6,9H2,1H3/b10-7-. The van der Waals surface area contributed by atoms with E-state index < -0.39 is 0 Å². The van der Waals surface area contributed by atoms with Crippen LogP contribution < -0.4 is 0 Å². The molecule has 1 aromatic rings. The number of allylic oxidation sites excluding steroid dienone is 1. The number of alkyl halides is 1. The van der Waals surface area contributed by atoms with Gasteiger partial charge in [-0.05, 0) is 36.8 Å². The van der Waals surface area contributed by atoms with Crippen LogP contribution in [0.15, 0.2) is 29.8 Å². The molecule has 0 aliphatic heterocycles. The van der Waals surface area contributed by atoms with Crippen molar-refractivity contribution < 1.29 is 0 Å². The van der Waals surface area contributed by atoms with Crippen LogP contribution >= 0.6 is 15.9 Å². The smallest absolute Gasteiger partial charge is 0.0242 e. The number of hydrogen-bond acceptors (Lipinski definition) is 0. The van der Waals surface area contributed by atoms with Crippen molar-refractivity contribution in [3.8, 4) is 0 Å². The van der Waals surface area contributed by atoms with Crippen molar-refractivity contribution in [1.82, 2.24) is 0 Å². The van der Waals surface area contributed by atoms with Crippen molar-refractivity contribution >= 4 is 22.0 Å². The van der Waals surface area contributed by atoms with Crippen molar-refractivity contribution in [3.63, 3.8) is 0 Å². The zero-order valence-corrected chi connectivity index (χ0v) is 10.0. The van der Waals surface area contributed by atoms with E-state index >= 15 is 0 Å². The molecule has 1 heteroatoms. The Morgan fingerprint density at radius 1 is 1.50 bits per heavy atom. The summed E-state index contributed by atoms with van der Waals surface area (Å²) in [7, 11) is 0. The maximum atomic E-state index is 3.46. The minimum atomic E-state index is 0.854. The van der Waals surface area contributed by atoms with Crippen LogP contribution in [0.5, 0.6) is 0 Å². The van der Waals surface area contributed by atoms with Gasteiger partial charge in [-0.2, -0.15) is 0 Å². The summed E-state index contributed by atoms with van der Waals surface area (Å²) in [5, 5.41) is 0.959. The topological polar surface area (TPSA) is 0 Å². The summed E-state index contributed by atoms with van der Waals surface area (Å²) < 4.78 is 0. The van der Waals surface area contributed by atoms with E-state index in [2.05, 4.69) is 53.2 Å². The second kappa shape index (κ2) is 4.31. The molecule has 0 N–H and O–H groups in total. The molecule has 0 amide bonds. The van der Waals surface area contributed by atoms with Gasteiger partial charge in [-0.15, -0.1) is 0 Å². The maximum Gasteiger partial charge on any atom is 0.0242 e. The third kappa shape index (κ3) is 2.48. The van der Waals surface area contributed by atoms with Crippen LogP contribution in [0.2, 0.25) is 0 Å². The van der Waals surface area contributed by atoms with Crippen LogP contribution in [-0.4, -0.2) is 5.33 Å². The van der Waals surface area contributed by atoms with E-state index in [9.17, 15) is 0 Å². The Labute approximate surface area is 94.2 Å². The van der Waals surface area contributed by atoms with Crippen LogP contribution in [0.4, 0.5) is 0 Å². The fourth-order valence-electron chi connectivity index (χ4n) is 1.64. The summed E-state index contributed by atoms with van der Waals surface area (Å²) in [5.74, 6) is 0.854. The molecule has 0 spiro atoms. The van der Waals surface area contributed by atoms with Gasteiger partial charge in [0.1, 0.15) is 0 Å². The number of halogens is 1. The quantitative estimate of drug-likeness (QED) is 0.700. The number of rotatable bonds is 3. The molecule has 0 unspecified atom stereocenters. The Morgan fingerprint density at radius 3 is 2.93 bits per heavy atom. The Balaban J connectivity index is 2.21. The maximum absolute atomic E-state index is 3.46. The third-order valence-electron chi connectivity index (χ3n) is 2.58. The second-order valence-corrected chi connectivity index (χ2v) is 4.63. The summed E-state index contributed by atoms with van der Waals surface area (Å²) in [4.78, 5) is 0. The summed E-state index contributed by atoms with van der Waals surface area (Å²) >= 11 is 3.46. The normalized spacial score (nSPS) is 17.1. The van der Waals surface area contributed by atoms with Gasteiger partial charge in [0.2, 0.25) is 0 Å². The van der Waals surface area contributed by atoms with Crippen molar-refractivity contribution in [1.29, 1.82) is 0 Å². The number of benzene rings is 1. The lowest BCUT2D eigenvalue weighted by atomic mass is 10.1. The molecular weight excluding hydrogens is 236 g/mol. The minimum Gasteiger partial charge on any atom is -0.0880 e.